The minimum Gasteiger partial charge on any atom is -0.493 e. The molecule has 1 fully saturated rings. The second-order valence-electron chi connectivity index (χ2n) is 5.83. The van der Waals surface area contributed by atoms with E-state index >= 15 is 0 Å². The second kappa shape index (κ2) is 6.31. The third kappa shape index (κ3) is 3.11. The van der Waals surface area contributed by atoms with E-state index in [0.29, 0.717) is 11.8 Å². The summed E-state index contributed by atoms with van der Waals surface area (Å²) in [5.74, 6) is 2.07. The third-order valence-electron chi connectivity index (χ3n) is 4.27. The van der Waals surface area contributed by atoms with E-state index in [9.17, 15) is 0 Å². The Labute approximate surface area is 126 Å². The van der Waals surface area contributed by atoms with Gasteiger partial charge in [-0.05, 0) is 36.3 Å². The molecule has 3 unspecified atom stereocenters. The Hall–Kier alpha value is -1.80. The maximum absolute atomic E-state index is 6.52. The summed E-state index contributed by atoms with van der Waals surface area (Å²) in [4.78, 5) is 0. The molecule has 0 amide bonds. The van der Waals surface area contributed by atoms with Crippen molar-refractivity contribution in [2.75, 3.05) is 6.61 Å². The number of ether oxygens (including phenoxy) is 1. The van der Waals surface area contributed by atoms with Crippen LogP contribution < -0.4 is 10.5 Å². The van der Waals surface area contributed by atoms with Gasteiger partial charge in [0.2, 0.25) is 0 Å². The number of rotatable bonds is 6. The molecule has 3 rings (SSSR count). The van der Waals surface area contributed by atoms with Gasteiger partial charge < -0.3 is 10.5 Å². The molecule has 2 aromatic carbocycles. The van der Waals surface area contributed by atoms with E-state index in [1.54, 1.807) is 0 Å². The average molecular weight is 281 g/mol. The zero-order valence-corrected chi connectivity index (χ0v) is 12.5. The van der Waals surface area contributed by atoms with Crippen LogP contribution in [0.15, 0.2) is 54.6 Å². The van der Waals surface area contributed by atoms with Crippen molar-refractivity contribution in [1.29, 1.82) is 0 Å². The molecule has 0 aromatic heterocycles. The van der Waals surface area contributed by atoms with E-state index in [4.69, 9.17) is 10.5 Å². The molecule has 0 heterocycles. The summed E-state index contributed by atoms with van der Waals surface area (Å²) in [6, 6.07) is 19.0. The van der Waals surface area contributed by atoms with Crippen LogP contribution in [0, 0.1) is 5.92 Å². The van der Waals surface area contributed by atoms with Crippen LogP contribution in [0.3, 0.4) is 0 Å². The zero-order chi connectivity index (χ0) is 14.7. The normalized spacial score (nSPS) is 21.8. The zero-order valence-electron chi connectivity index (χ0n) is 12.5. The Bertz CT molecular complexity index is 581. The smallest absolute Gasteiger partial charge is 0.124 e. The summed E-state index contributed by atoms with van der Waals surface area (Å²) < 4.78 is 5.85. The lowest BCUT2D eigenvalue weighted by Gasteiger charge is -2.17. The Morgan fingerprint density at radius 2 is 1.81 bits per heavy atom. The maximum Gasteiger partial charge on any atom is 0.124 e. The number of nitrogens with two attached hydrogens (primary N) is 1. The predicted molar refractivity (Wildman–Crippen MR) is 86.4 cm³/mol. The highest BCUT2D eigenvalue weighted by atomic mass is 16.5. The van der Waals surface area contributed by atoms with Crippen molar-refractivity contribution in [2.24, 2.45) is 11.7 Å². The first kappa shape index (κ1) is 14.2. The van der Waals surface area contributed by atoms with Crippen LogP contribution in [0.2, 0.25) is 0 Å². The molecule has 0 bridgehead atoms. The molecule has 1 saturated carbocycles. The lowest BCUT2D eigenvalue weighted by molar-refractivity contribution is 0.311. The van der Waals surface area contributed by atoms with Gasteiger partial charge in [-0.3, -0.25) is 0 Å². The molecular weight excluding hydrogens is 258 g/mol. The van der Waals surface area contributed by atoms with Crippen molar-refractivity contribution < 1.29 is 4.74 Å². The average Bonchev–Trinajstić information content (AvgIpc) is 3.34. The van der Waals surface area contributed by atoms with E-state index in [0.717, 1.165) is 24.3 Å². The van der Waals surface area contributed by atoms with E-state index in [2.05, 4.69) is 43.3 Å². The van der Waals surface area contributed by atoms with Gasteiger partial charge in [-0.25, -0.2) is 0 Å². The number of hydrogen-bond acceptors (Lipinski definition) is 2. The molecule has 21 heavy (non-hydrogen) atoms. The van der Waals surface area contributed by atoms with Crippen molar-refractivity contribution in [2.45, 2.75) is 31.7 Å². The van der Waals surface area contributed by atoms with Crippen LogP contribution in [-0.4, -0.2) is 6.61 Å². The van der Waals surface area contributed by atoms with Gasteiger partial charge in [-0.15, -0.1) is 0 Å². The SMILES string of the molecule is CCCOc1ccccc1C(N)C1CC1c1ccccc1. The van der Waals surface area contributed by atoms with Crippen LogP contribution in [0.5, 0.6) is 5.75 Å². The first-order valence-corrected chi connectivity index (χ1v) is 7.83. The summed E-state index contributed by atoms with van der Waals surface area (Å²) in [6.45, 7) is 2.87. The Morgan fingerprint density at radius 3 is 2.57 bits per heavy atom. The molecular formula is C19H23NO. The molecule has 1 aliphatic rings. The van der Waals surface area contributed by atoms with Crippen LogP contribution in [0.1, 0.15) is 42.9 Å². The number of benzene rings is 2. The van der Waals surface area contributed by atoms with Gasteiger partial charge in [-0.1, -0.05) is 55.5 Å². The summed E-state index contributed by atoms with van der Waals surface area (Å²) in [6.07, 6.45) is 2.19. The maximum atomic E-state index is 6.52. The van der Waals surface area contributed by atoms with E-state index in [1.807, 2.05) is 18.2 Å². The van der Waals surface area contributed by atoms with Crippen molar-refractivity contribution in [3.05, 3.63) is 65.7 Å². The summed E-state index contributed by atoms with van der Waals surface area (Å²) in [5.41, 5.74) is 9.08. The van der Waals surface area contributed by atoms with E-state index < -0.39 is 0 Å². The van der Waals surface area contributed by atoms with Crippen molar-refractivity contribution in [3.63, 3.8) is 0 Å². The van der Waals surface area contributed by atoms with Gasteiger partial charge in [0.25, 0.3) is 0 Å². The van der Waals surface area contributed by atoms with Crippen molar-refractivity contribution in [3.8, 4) is 5.75 Å². The number of hydrogen-bond donors (Lipinski definition) is 1. The minimum atomic E-state index is 0.0586. The lowest BCUT2D eigenvalue weighted by Crippen LogP contribution is -2.15. The molecule has 2 N–H and O–H groups in total. The Morgan fingerprint density at radius 1 is 1.10 bits per heavy atom. The predicted octanol–water partition coefficient (Wildman–Crippen LogP) is 4.28. The molecule has 0 aliphatic heterocycles. The Balaban J connectivity index is 1.73. The highest BCUT2D eigenvalue weighted by Gasteiger charge is 2.43. The first-order valence-electron chi connectivity index (χ1n) is 7.83. The molecule has 0 spiro atoms. The number of para-hydroxylation sites is 1. The molecule has 2 heteroatoms. The molecule has 2 nitrogen and oxygen atoms in total. The van der Waals surface area contributed by atoms with Gasteiger partial charge in [-0.2, -0.15) is 0 Å². The topological polar surface area (TPSA) is 35.2 Å². The van der Waals surface area contributed by atoms with Crippen LogP contribution >= 0.6 is 0 Å². The Kier molecular flexibility index (Phi) is 4.26. The molecule has 0 saturated heterocycles. The van der Waals surface area contributed by atoms with Crippen LogP contribution in [0.4, 0.5) is 0 Å². The summed E-state index contributed by atoms with van der Waals surface area (Å²) in [5, 5.41) is 0. The fourth-order valence-corrected chi connectivity index (χ4v) is 3.03. The molecule has 2 aromatic rings. The molecule has 3 atom stereocenters. The van der Waals surface area contributed by atoms with E-state index in [-0.39, 0.29) is 6.04 Å². The van der Waals surface area contributed by atoms with Gasteiger partial charge >= 0.3 is 0 Å². The standard InChI is InChI=1S/C19H23NO/c1-2-12-21-18-11-7-6-10-15(18)19(20)17-13-16(17)14-8-4-3-5-9-14/h3-11,16-17,19H,2,12-13,20H2,1H3. The van der Waals surface area contributed by atoms with Crippen molar-refractivity contribution in [1.82, 2.24) is 0 Å². The van der Waals surface area contributed by atoms with Crippen LogP contribution in [0.25, 0.3) is 0 Å². The van der Waals surface area contributed by atoms with E-state index in [1.165, 1.54) is 12.0 Å². The highest BCUT2D eigenvalue weighted by molar-refractivity contribution is 5.38. The van der Waals surface area contributed by atoms with Gasteiger partial charge in [0, 0.05) is 11.6 Å². The fraction of sp³-hybridized carbons (Fsp3) is 0.368. The lowest BCUT2D eigenvalue weighted by atomic mass is 9.99. The highest BCUT2D eigenvalue weighted by Crippen LogP contribution is 2.54. The third-order valence-corrected chi connectivity index (χ3v) is 4.27. The first-order chi connectivity index (χ1) is 10.3. The summed E-state index contributed by atoms with van der Waals surface area (Å²) in [7, 11) is 0. The molecule has 1 aliphatic carbocycles. The van der Waals surface area contributed by atoms with Gasteiger partial charge in [0.1, 0.15) is 5.75 Å². The summed E-state index contributed by atoms with van der Waals surface area (Å²) >= 11 is 0. The van der Waals surface area contributed by atoms with Gasteiger partial charge in [0.15, 0.2) is 0 Å². The molecule has 110 valence electrons. The van der Waals surface area contributed by atoms with Crippen LogP contribution in [-0.2, 0) is 0 Å². The van der Waals surface area contributed by atoms with Gasteiger partial charge in [0.05, 0.1) is 6.61 Å². The quantitative estimate of drug-likeness (QED) is 0.857. The second-order valence-corrected chi connectivity index (χ2v) is 5.83. The largest absolute Gasteiger partial charge is 0.493 e. The van der Waals surface area contributed by atoms with Crippen molar-refractivity contribution >= 4 is 0 Å². The molecule has 0 radical (unpaired) electrons. The fourth-order valence-electron chi connectivity index (χ4n) is 3.03. The minimum absolute atomic E-state index is 0.0586. The monoisotopic (exact) mass is 281 g/mol.